The minimum Gasteiger partial charge on any atom is -0.481 e. The summed E-state index contributed by atoms with van der Waals surface area (Å²) in [5, 5.41) is 11.9. The number of carbonyl (C=O) groups is 2. The van der Waals surface area contributed by atoms with Crippen molar-refractivity contribution in [3.8, 4) is 0 Å². The second kappa shape index (κ2) is 5.20. The number of rotatable bonds is 5. The van der Waals surface area contributed by atoms with Crippen LogP contribution in [0.4, 0.5) is 0 Å². The number of halogens is 1. The molecule has 0 radical (unpaired) electrons. The van der Waals surface area contributed by atoms with Crippen LogP contribution in [-0.2, 0) is 15.0 Å². The number of nitrogens with one attached hydrogen (secondary N) is 1. The molecule has 0 aromatic heterocycles. The molecule has 1 fully saturated rings. The van der Waals surface area contributed by atoms with Crippen LogP contribution in [0.1, 0.15) is 32.3 Å². The first kappa shape index (κ1) is 15.0. The highest BCUT2D eigenvalue weighted by molar-refractivity contribution is 9.10. The molecule has 1 aromatic carbocycles. The van der Waals surface area contributed by atoms with Gasteiger partial charge >= 0.3 is 5.97 Å². The summed E-state index contributed by atoms with van der Waals surface area (Å²) in [7, 11) is 0. The van der Waals surface area contributed by atoms with Gasteiger partial charge in [-0.15, -0.1) is 0 Å². The Balaban J connectivity index is 2.04. The highest BCUT2D eigenvalue weighted by atomic mass is 79.9. The summed E-state index contributed by atoms with van der Waals surface area (Å²) in [6, 6.07) is 7.58. The Morgan fingerprint density at radius 1 is 1.30 bits per heavy atom. The van der Waals surface area contributed by atoms with E-state index in [1.54, 1.807) is 0 Å². The van der Waals surface area contributed by atoms with Crippen molar-refractivity contribution in [3.63, 3.8) is 0 Å². The zero-order chi connectivity index (χ0) is 15.0. The topological polar surface area (TPSA) is 66.4 Å². The van der Waals surface area contributed by atoms with Gasteiger partial charge in [-0.05, 0) is 44.4 Å². The largest absolute Gasteiger partial charge is 0.481 e. The zero-order valence-corrected chi connectivity index (χ0v) is 13.2. The quantitative estimate of drug-likeness (QED) is 0.866. The van der Waals surface area contributed by atoms with Gasteiger partial charge in [0.15, 0.2) is 0 Å². The molecule has 1 aliphatic carbocycles. The maximum absolute atomic E-state index is 12.3. The minimum atomic E-state index is -0.820. The average molecular weight is 340 g/mol. The van der Waals surface area contributed by atoms with Crippen LogP contribution in [0, 0.1) is 5.41 Å². The predicted octanol–water partition coefficient (Wildman–Crippen LogP) is 2.71. The summed E-state index contributed by atoms with van der Waals surface area (Å²) in [5.41, 5.74) is -0.515. The molecule has 2 rings (SSSR count). The first-order valence-electron chi connectivity index (χ1n) is 6.56. The molecule has 1 aliphatic rings. The average Bonchev–Trinajstić information content (AvgIpc) is 3.17. The molecule has 0 unspecified atom stereocenters. The normalized spacial score (nSPS) is 16.6. The van der Waals surface area contributed by atoms with E-state index in [2.05, 4.69) is 21.2 Å². The fourth-order valence-corrected chi connectivity index (χ4v) is 2.35. The lowest BCUT2D eigenvalue weighted by atomic mass is 9.83. The Hall–Kier alpha value is -1.36. The molecule has 5 heteroatoms. The van der Waals surface area contributed by atoms with Gasteiger partial charge in [-0.3, -0.25) is 9.59 Å². The van der Waals surface area contributed by atoms with Crippen LogP contribution in [0.2, 0.25) is 0 Å². The van der Waals surface area contributed by atoms with E-state index < -0.39 is 16.8 Å². The van der Waals surface area contributed by atoms with Gasteiger partial charge in [0.05, 0.1) is 10.8 Å². The monoisotopic (exact) mass is 339 g/mol. The van der Waals surface area contributed by atoms with Crippen LogP contribution in [0.25, 0.3) is 0 Å². The molecular weight excluding hydrogens is 322 g/mol. The molecule has 0 aliphatic heterocycles. The number of amides is 1. The number of hydrogen-bond acceptors (Lipinski definition) is 2. The smallest absolute Gasteiger partial charge is 0.311 e. The predicted molar refractivity (Wildman–Crippen MR) is 79.5 cm³/mol. The van der Waals surface area contributed by atoms with Gasteiger partial charge in [-0.25, -0.2) is 0 Å². The fraction of sp³-hybridized carbons (Fsp3) is 0.467. The minimum absolute atomic E-state index is 0.146. The summed E-state index contributed by atoms with van der Waals surface area (Å²) in [6.07, 6.45) is 1.28. The highest BCUT2D eigenvalue weighted by Gasteiger charge is 2.50. The highest BCUT2D eigenvalue weighted by Crippen LogP contribution is 2.45. The zero-order valence-electron chi connectivity index (χ0n) is 11.6. The van der Waals surface area contributed by atoms with E-state index in [-0.39, 0.29) is 12.5 Å². The molecule has 1 aromatic rings. The molecule has 20 heavy (non-hydrogen) atoms. The van der Waals surface area contributed by atoms with Gasteiger partial charge in [0.2, 0.25) is 5.91 Å². The molecule has 2 N–H and O–H groups in total. The van der Waals surface area contributed by atoms with Gasteiger partial charge in [0, 0.05) is 11.0 Å². The van der Waals surface area contributed by atoms with Crippen LogP contribution in [-0.4, -0.2) is 23.5 Å². The lowest BCUT2D eigenvalue weighted by Gasteiger charge is -2.25. The Kier molecular flexibility index (Phi) is 3.91. The SMILES string of the molecule is CC(C)(C(=O)NCC1(C(=O)O)CC1)c1ccc(Br)cc1. The second-order valence-corrected chi connectivity index (χ2v) is 6.82. The van der Waals surface area contributed by atoms with E-state index in [9.17, 15) is 9.59 Å². The Morgan fingerprint density at radius 2 is 1.85 bits per heavy atom. The van der Waals surface area contributed by atoms with Crippen molar-refractivity contribution in [1.82, 2.24) is 5.32 Å². The van der Waals surface area contributed by atoms with Crippen molar-refractivity contribution in [3.05, 3.63) is 34.3 Å². The van der Waals surface area contributed by atoms with Crippen LogP contribution < -0.4 is 5.32 Å². The fourth-order valence-electron chi connectivity index (χ4n) is 2.09. The van der Waals surface area contributed by atoms with Crippen molar-refractivity contribution in [2.24, 2.45) is 5.41 Å². The third-order valence-corrected chi connectivity index (χ3v) is 4.56. The number of carboxylic acid groups (broad SMARTS) is 1. The molecule has 1 amide bonds. The van der Waals surface area contributed by atoms with Gasteiger partial charge in [-0.1, -0.05) is 28.1 Å². The van der Waals surface area contributed by atoms with Crippen molar-refractivity contribution in [1.29, 1.82) is 0 Å². The van der Waals surface area contributed by atoms with Crippen LogP contribution >= 0.6 is 15.9 Å². The van der Waals surface area contributed by atoms with E-state index in [1.807, 2.05) is 38.1 Å². The van der Waals surface area contributed by atoms with E-state index in [0.29, 0.717) is 12.8 Å². The third kappa shape index (κ3) is 2.87. The summed E-state index contributed by atoms with van der Waals surface area (Å²) in [5.74, 6) is -0.966. The maximum atomic E-state index is 12.3. The van der Waals surface area contributed by atoms with E-state index >= 15 is 0 Å². The molecule has 0 spiro atoms. The number of carboxylic acids is 1. The molecule has 108 valence electrons. The van der Waals surface area contributed by atoms with Gasteiger partial charge in [-0.2, -0.15) is 0 Å². The maximum Gasteiger partial charge on any atom is 0.311 e. The lowest BCUT2D eigenvalue weighted by Crippen LogP contribution is -2.43. The van der Waals surface area contributed by atoms with Gasteiger partial charge in [0.1, 0.15) is 0 Å². The van der Waals surface area contributed by atoms with Crippen LogP contribution in [0.15, 0.2) is 28.7 Å². The first-order valence-corrected chi connectivity index (χ1v) is 7.35. The van der Waals surface area contributed by atoms with Crippen molar-refractivity contribution < 1.29 is 14.7 Å². The lowest BCUT2D eigenvalue weighted by molar-refractivity contribution is -0.143. The number of aliphatic carboxylic acids is 1. The first-order chi connectivity index (χ1) is 9.28. The van der Waals surface area contributed by atoms with E-state index in [0.717, 1.165) is 10.0 Å². The van der Waals surface area contributed by atoms with Crippen molar-refractivity contribution in [2.75, 3.05) is 6.54 Å². The summed E-state index contributed by atoms with van der Waals surface area (Å²) >= 11 is 3.36. The number of benzene rings is 1. The Labute approximate surface area is 126 Å². The molecular formula is C15H18BrNO3. The third-order valence-electron chi connectivity index (χ3n) is 4.03. The molecule has 0 bridgehead atoms. The number of hydrogen-bond donors (Lipinski definition) is 2. The van der Waals surface area contributed by atoms with Crippen molar-refractivity contribution >= 4 is 27.8 Å². The molecule has 0 atom stereocenters. The summed E-state index contributed by atoms with van der Waals surface area (Å²) in [6.45, 7) is 3.89. The summed E-state index contributed by atoms with van der Waals surface area (Å²) in [4.78, 5) is 23.4. The number of carbonyl (C=O) groups excluding carboxylic acids is 1. The van der Waals surface area contributed by atoms with E-state index in [1.165, 1.54) is 0 Å². The summed E-state index contributed by atoms with van der Waals surface area (Å²) < 4.78 is 0.959. The molecule has 1 saturated carbocycles. The van der Waals surface area contributed by atoms with Crippen LogP contribution in [0.5, 0.6) is 0 Å². The van der Waals surface area contributed by atoms with E-state index in [4.69, 9.17) is 5.11 Å². The van der Waals surface area contributed by atoms with Crippen LogP contribution in [0.3, 0.4) is 0 Å². The molecule has 0 heterocycles. The standard InChI is InChI=1S/C15H18BrNO3/c1-14(2,10-3-5-11(16)6-4-10)12(18)17-9-15(7-8-15)13(19)20/h3-6H,7-9H2,1-2H3,(H,17,18)(H,19,20). The molecule has 4 nitrogen and oxygen atoms in total. The Morgan fingerprint density at radius 3 is 2.30 bits per heavy atom. The van der Waals surface area contributed by atoms with Gasteiger partial charge in [0.25, 0.3) is 0 Å². The Bertz CT molecular complexity index is 533. The second-order valence-electron chi connectivity index (χ2n) is 5.90. The van der Waals surface area contributed by atoms with Crippen molar-refractivity contribution in [2.45, 2.75) is 32.1 Å². The molecule has 0 saturated heterocycles. The van der Waals surface area contributed by atoms with Gasteiger partial charge < -0.3 is 10.4 Å².